The molecule has 0 bridgehead atoms. The van der Waals surface area contributed by atoms with E-state index in [-0.39, 0.29) is 5.91 Å². The highest BCUT2D eigenvalue weighted by atomic mass is 79.9. The molecule has 2 aromatic rings. The fraction of sp³-hybridized carbons (Fsp3) is 0.176. The van der Waals surface area contributed by atoms with Crippen molar-refractivity contribution in [1.29, 1.82) is 0 Å². The number of nitrogens with one attached hydrogen (secondary N) is 1. The summed E-state index contributed by atoms with van der Waals surface area (Å²) in [4.78, 5) is 24.2. The van der Waals surface area contributed by atoms with Gasteiger partial charge in [0.1, 0.15) is 6.04 Å². The van der Waals surface area contributed by atoms with Gasteiger partial charge in [0.05, 0.1) is 7.11 Å². The molecule has 22 heavy (non-hydrogen) atoms. The van der Waals surface area contributed by atoms with E-state index < -0.39 is 12.0 Å². The van der Waals surface area contributed by atoms with E-state index in [2.05, 4.69) is 21.2 Å². The zero-order chi connectivity index (χ0) is 15.9. The van der Waals surface area contributed by atoms with Crippen LogP contribution in [0.5, 0.6) is 0 Å². The summed E-state index contributed by atoms with van der Waals surface area (Å²) in [5.74, 6) is -0.778. The Hall–Kier alpha value is -2.14. The monoisotopic (exact) mass is 361 g/mol. The van der Waals surface area contributed by atoms with Gasteiger partial charge in [-0.15, -0.1) is 0 Å². The molecule has 2 aromatic carbocycles. The Morgan fingerprint density at radius 2 is 1.86 bits per heavy atom. The molecule has 1 atom stereocenters. The lowest BCUT2D eigenvalue weighted by atomic mass is 10.1. The van der Waals surface area contributed by atoms with E-state index in [1.165, 1.54) is 7.11 Å². The molecule has 0 spiro atoms. The second kappa shape index (κ2) is 7.75. The highest BCUT2D eigenvalue weighted by Gasteiger charge is 2.22. The molecule has 0 aromatic heterocycles. The van der Waals surface area contributed by atoms with Crippen LogP contribution in [0, 0.1) is 0 Å². The van der Waals surface area contributed by atoms with E-state index in [1.54, 1.807) is 18.2 Å². The van der Waals surface area contributed by atoms with Gasteiger partial charge in [0.15, 0.2) is 0 Å². The Morgan fingerprint density at radius 1 is 1.14 bits per heavy atom. The van der Waals surface area contributed by atoms with E-state index in [1.807, 2.05) is 36.4 Å². The quantitative estimate of drug-likeness (QED) is 0.833. The average Bonchev–Trinajstić information content (AvgIpc) is 2.54. The van der Waals surface area contributed by atoms with Crippen LogP contribution in [0.15, 0.2) is 59.1 Å². The normalized spacial score (nSPS) is 11.5. The third kappa shape index (κ3) is 4.43. The summed E-state index contributed by atoms with van der Waals surface area (Å²) in [5.41, 5.74) is 1.43. The zero-order valence-electron chi connectivity index (χ0n) is 12.1. The van der Waals surface area contributed by atoms with Crippen molar-refractivity contribution in [3.8, 4) is 0 Å². The van der Waals surface area contributed by atoms with Gasteiger partial charge in [-0.1, -0.05) is 52.3 Å². The van der Waals surface area contributed by atoms with E-state index in [0.717, 1.165) is 10.0 Å². The molecule has 0 saturated heterocycles. The summed E-state index contributed by atoms with van der Waals surface area (Å²) < 4.78 is 5.59. The first-order valence-electron chi connectivity index (χ1n) is 6.78. The first-order valence-corrected chi connectivity index (χ1v) is 7.57. The van der Waals surface area contributed by atoms with Crippen molar-refractivity contribution in [2.24, 2.45) is 0 Å². The van der Waals surface area contributed by atoms with Crippen molar-refractivity contribution in [3.63, 3.8) is 0 Å². The molecule has 2 rings (SSSR count). The van der Waals surface area contributed by atoms with Crippen molar-refractivity contribution in [2.75, 3.05) is 7.11 Å². The second-order valence-corrected chi connectivity index (χ2v) is 5.66. The van der Waals surface area contributed by atoms with Crippen molar-refractivity contribution in [2.45, 2.75) is 12.5 Å². The minimum absolute atomic E-state index is 0.312. The molecule has 0 heterocycles. The van der Waals surface area contributed by atoms with Crippen LogP contribution in [-0.2, 0) is 16.0 Å². The number of carbonyl (C=O) groups excluding carboxylic acids is 2. The molecule has 4 nitrogen and oxygen atoms in total. The highest BCUT2D eigenvalue weighted by molar-refractivity contribution is 9.10. The molecule has 0 fully saturated rings. The molecular weight excluding hydrogens is 346 g/mol. The molecule has 5 heteroatoms. The Bertz CT molecular complexity index is 658. The van der Waals surface area contributed by atoms with Crippen LogP contribution in [0.2, 0.25) is 0 Å². The van der Waals surface area contributed by atoms with Crippen LogP contribution in [-0.4, -0.2) is 25.0 Å². The van der Waals surface area contributed by atoms with E-state index in [4.69, 9.17) is 4.74 Å². The highest BCUT2D eigenvalue weighted by Crippen LogP contribution is 2.12. The van der Waals surface area contributed by atoms with E-state index in [9.17, 15) is 9.59 Å². The third-order valence-corrected chi connectivity index (χ3v) is 3.65. The van der Waals surface area contributed by atoms with Crippen LogP contribution >= 0.6 is 15.9 Å². The maximum absolute atomic E-state index is 12.3. The van der Waals surface area contributed by atoms with Gasteiger partial charge < -0.3 is 10.1 Å². The standard InChI is InChI=1S/C17H16BrNO3/c1-22-17(21)15(10-12-6-3-2-4-7-12)19-16(20)13-8-5-9-14(18)11-13/h2-9,11,15H,10H2,1H3,(H,19,20). The Kier molecular flexibility index (Phi) is 5.72. The number of hydrogen-bond acceptors (Lipinski definition) is 3. The molecule has 1 N–H and O–H groups in total. The number of methoxy groups -OCH3 is 1. The van der Waals surface area contributed by atoms with Crippen molar-refractivity contribution < 1.29 is 14.3 Å². The van der Waals surface area contributed by atoms with Crippen molar-refractivity contribution in [1.82, 2.24) is 5.32 Å². The van der Waals surface area contributed by atoms with Gasteiger partial charge in [0.2, 0.25) is 0 Å². The number of hydrogen-bond donors (Lipinski definition) is 1. The van der Waals surface area contributed by atoms with Crippen LogP contribution in [0.25, 0.3) is 0 Å². The Labute approximate surface area is 137 Å². The summed E-state index contributed by atoms with van der Waals surface area (Å²) in [6.07, 6.45) is 0.382. The summed E-state index contributed by atoms with van der Waals surface area (Å²) in [5, 5.41) is 2.73. The lowest BCUT2D eigenvalue weighted by Gasteiger charge is -2.16. The molecule has 114 valence electrons. The average molecular weight is 362 g/mol. The molecule has 1 unspecified atom stereocenters. The SMILES string of the molecule is COC(=O)C(Cc1ccccc1)NC(=O)c1cccc(Br)c1. The molecule has 0 aliphatic carbocycles. The van der Waals surface area contributed by atoms with Crippen LogP contribution < -0.4 is 5.32 Å². The number of benzene rings is 2. The number of esters is 1. The number of halogens is 1. The minimum atomic E-state index is -0.723. The molecule has 1 amide bonds. The van der Waals surface area contributed by atoms with E-state index in [0.29, 0.717) is 12.0 Å². The summed E-state index contributed by atoms with van der Waals surface area (Å²) in [6.45, 7) is 0. The zero-order valence-corrected chi connectivity index (χ0v) is 13.7. The topological polar surface area (TPSA) is 55.4 Å². The maximum atomic E-state index is 12.3. The Balaban J connectivity index is 2.13. The van der Waals surface area contributed by atoms with Gasteiger partial charge in [0.25, 0.3) is 5.91 Å². The van der Waals surface area contributed by atoms with Crippen molar-refractivity contribution >= 4 is 27.8 Å². The van der Waals surface area contributed by atoms with Gasteiger partial charge in [0, 0.05) is 16.5 Å². The fourth-order valence-electron chi connectivity index (χ4n) is 2.06. The maximum Gasteiger partial charge on any atom is 0.328 e. The second-order valence-electron chi connectivity index (χ2n) is 4.75. The molecule has 0 saturated carbocycles. The summed E-state index contributed by atoms with van der Waals surface area (Å²) >= 11 is 3.32. The van der Waals surface area contributed by atoms with E-state index >= 15 is 0 Å². The van der Waals surface area contributed by atoms with Gasteiger partial charge in [-0.2, -0.15) is 0 Å². The predicted octanol–water partition coefficient (Wildman–Crippen LogP) is 2.96. The lowest BCUT2D eigenvalue weighted by Crippen LogP contribution is -2.43. The number of amides is 1. The van der Waals surface area contributed by atoms with Crippen molar-refractivity contribution in [3.05, 3.63) is 70.2 Å². The van der Waals surface area contributed by atoms with Gasteiger partial charge >= 0.3 is 5.97 Å². The van der Waals surface area contributed by atoms with Crippen LogP contribution in [0.1, 0.15) is 15.9 Å². The van der Waals surface area contributed by atoms with Gasteiger partial charge in [-0.25, -0.2) is 4.79 Å². The van der Waals surface area contributed by atoms with Crippen LogP contribution in [0.3, 0.4) is 0 Å². The van der Waals surface area contributed by atoms with Gasteiger partial charge in [-0.3, -0.25) is 4.79 Å². The number of ether oxygens (including phenoxy) is 1. The summed E-state index contributed by atoms with van der Waals surface area (Å²) in [7, 11) is 1.31. The minimum Gasteiger partial charge on any atom is -0.467 e. The summed E-state index contributed by atoms with van der Waals surface area (Å²) in [6, 6.07) is 15.8. The number of carbonyl (C=O) groups is 2. The molecule has 0 aliphatic rings. The Morgan fingerprint density at radius 3 is 2.50 bits per heavy atom. The first kappa shape index (κ1) is 16.2. The number of rotatable bonds is 5. The molecule has 0 radical (unpaired) electrons. The lowest BCUT2D eigenvalue weighted by molar-refractivity contribution is -0.142. The smallest absolute Gasteiger partial charge is 0.328 e. The first-order chi connectivity index (χ1) is 10.6. The largest absolute Gasteiger partial charge is 0.467 e. The fourth-order valence-corrected chi connectivity index (χ4v) is 2.46. The third-order valence-electron chi connectivity index (χ3n) is 3.16. The van der Waals surface area contributed by atoms with Crippen LogP contribution in [0.4, 0.5) is 0 Å². The van der Waals surface area contributed by atoms with Gasteiger partial charge in [-0.05, 0) is 23.8 Å². The molecule has 0 aliphatic heterocycles. The predicted molar refractivity (Wildman–Crippen MR) is 87.6 cm³/mol. The molecular formula is C17H16BrNO3.